The highest BCUT2D eigenvalue weighted by molar-refractivity contribution is 9.10. The predicted molar refractivity (Wildman–Crippen MR) is 141 cm³/mol. The molecule has 5 aromatic carbocycles. The van der Waals surface area contributed by atoms with Crippen LogP contribution < -0.4 is 0 Å². The lowest BCUT2D eigenvalue weighted by Crippen LogP contribution is -2.29. The second-order valence-corrected chi connectivity index (χ2v) is 10.0. The molecule has 0 amide bonds. The average molecular weight is 485 g/mol. The van der Waals surface area contributed by atoms with Crippen molar-refractivity contribution in [3.63, 3.8) is 0 Å². The minimum absolute atomic E-state index is 0.381. The van der Waals surface area contributed by atoms with Gasteiger partial charge in [-0.15, -0.1) is 0 Å². The first-order chi connectivity index (χ1) is 16.2. The van der Waals surface area contributed by atoms with E-state index in [1.807, 2.05) is 0 Å². The van der Waals surface area contributed by atoms with Crippen LogP contribution in [0.3, 0.4) is 0 Å². The van der Waals surface area contributed by atoms with E-state index in [2.05, 4.69) is 132 Å². The molecule has 5 aromatic rings. The fourth-order valence-corrected chi connectivity index (χ4v) is 6.54. The van der Waals surface area contributed by atoms with E-state index < -0.39 is 0 Å². The van der Waals surface area contributed by atoms with Crippen molar-refractivity contribution in [3.05, 3.63) is 141 Å². The van der Waals surface area contributed by atoms with Gasteiger partial charge in [-0.25, -0.2) is 0 Å². The monoisotopic (exact) mass is 484 g/mol. The largest absolute Gasteiger partial charge is 0.0725 e. The number of hydrogen-bond acceptors (Lipinski definition) is 0. The molecule has 0 bridgehead atoms. The van der Waals surface area contributed by atoms with E-state index in [1.54, 1.807) is 0 Å². The summed E-state index contributed by atoms with van der Waals surface area (Å²) in [7, 11) is 0. The Bertz CT molecular complexity index is 1550. The Morgan fingerprint density at radius 2 is 0.970 bits per heavy atom. The summed E-state index contributed by atoms with van der Waals surface area (Å²) in [6.45, 7) is 2.20. The first-order valence-electron chi connectivity index (χ1n) is 11.4. The van der Waals surface area contributed by atoms with Gasteiger partial charge in [0, 0.05) is 4.47 Å². The lowest BCUT2D eigenvalue weighted by Gasteiger charge is -2.35. The van der Waals surface area contributed by atoms with Crippen molar-refractivity contribution in [2.45, 2.75) is 12.3 Å². The summed E-state index contributed by atoms with van der Waals surface area (Å²) in [6, 6.07) is 40.7. The first kappa shape index (κ1) is 19.1. The molecule has 0 unspecified atom stereocenters. The summed E-state index contributed by atoms with van der Waals surface area (Å²) in [4.78, 5) is 0. The van der Waals surface area contributed by atoms with Crippen LogP contribution >= 0.6 is 15.9 Å². The lowest BCUT2D eigenvalue weighted by molar-refractivity contribution is 0.774. The van der Waals surface area contributed by atoms with Crippen molar-refractivity contribution in [2.24, 2.45) is 0 Å². The van der Waals surface area contributed by atoms with Gasteiger partial charge in [-0.3, -0.25) is 0 Å². The summed E-state index contributed by atoms with van der Waals surface area (Å²) < 4.78 is 1.11. The molecule has 0 radical (unpaired) electrons. The van der Waals surface area contributed by atoms with Gasteiger partial charge >= 0.3 is 0 Å². The van der Waals surface area contributed by atoms with Crippen LogP contribution in [-0.4, -0.2) is 0 Å². The molecule has 0 N–H and O–H groups in total. The predicted octanol–water partition coefficient (Wildman–Crippen LogP) is 8.77. The zero-order valence-electron chi connectivity index (χ0n) is 18.3. The Morgan fingerprint density at radius 1 is 0.455 bits per heavy atom. The maximum absolute atomic E-state index is 3.82. The number of fused-ring (bicyclic) bond motifs is 12. The Kier molecular flexibility index (Phi) is 3.93. The SMILES string of the molecule is Cc1ccc2c(c1)-c1ccccc1-c1ccc(Br)cc1C21c2ccccc2-c2ccccc21. The summed E-state index contributed by atoms with van der Waals surface area (Å²) in [6.07, 6.45) is 0. The average Bonchev–Trinajstić information content (AvgIpc) is 3.10. The highest BCUT2D eigenvalue weighted by Crippen LogP contribution is 2.61. The van der Waals surface area contributed by atoms with E-state index in [9.17, 15) is 0 Å². The second-order valence-electron chi connectivity index (χ2n) is 9.13. The van der Waals surface area contributed by atoms with Crippen molar-refractivity contribution in [1.82, 2.24) is 0 Å². The third kappa shape index (κ3) is 2.41. The molecule has 0 aliphatic heterocycles. The molecule has 0 saturated carbocycles. The summed E-state index contributed by atoms with van der Waals surface area (Å²) >= 11 is 3.82. The highest BCUT2D eigenvalue weighted by Gasteiger charge is 2.49. The zero-order valence-corrected chi connectivity index (χ0v) is 19.9. The number of halogens is 1. The third-order valence-electron chi connectivity index (χ3n) is 7.42. The van der Waals surface area contributed by atoms with Crippen LogP contribution in [0.2, 0.25) is 0 Å². The summed E-state index contributed by atoms with van der Waals surface area (Å²) in [5.74, 6) is 0. The second kappa shape index (κ2) is 6.79. The first-order valence-corrected chi connectivity index (χ1v) is 12.2. The fourth-order valence-electron chi connectivity index (χ4n) is 6.18. The Morgan fingerprint density at radius 3 is 1.64 bits per heavy atom. The molecule has 1 spiro atoms. The quantitative estimate of drug-likeness (QED) is 0.201. The van der Waals surface area contributed by atoms with Crippen molar-refractivity contribution < 1.29 is 0 Å². The van der Waals surface area contributed by atoms with Gasteiger partial charge < -0.3 is 0 Å². The lowest BCUT2D eigenvalue weighted by atomic mass is 9.66. The maximum atomic E-state index is 3.82. The van der Waals surface area contributed by atoms with E-state index in [0.29, 0.717) is 0 Å². The molecular formula is C32H21Br. The van der Waals surface area contributed by atoms with Crippen molar-refractivity contribution in [1.29, 1.82) is 0 Å². The Labute approximate surface area is 202 Å². The number of rotatable bonds is 0. The van der Waals surface area contributed by atoms with Gasteiger partial charge in [0.2, 0.25) is 0 Å². The van der Waals surface area contributed by atoms with Gasteiger partial charge in [-0.2, -0.15) is 0 Å². The van der Waals surface area contributed by atoms with Gasteiger partial charge in [0.15, 0.2) is 0 Å². The number of hydrogen-bond donors (Lipinski definition) is 0. The molecule has 2 aliphatic carbocycles. The zero-order chi connectivity index (χ0) is 22.2. The molecule has 1 heteroatoms. The summed E-state index contributed by atoms with van der Waals surface area (Å²) in [5.41, 5.74) is 14.2. The van der Waals surface area contributed by atoms with Crippen molar-refractivity contribution in [3.8, 4) is 33.4 Å². The molecule has 2 aliphatic rings. The molecule has 156 valence electrons. The number of aryl methyl sites for hydroxylation is 1. The van der Waals surface area contributed by atoms with E-state index in [4.69, 9.17) is 0 Å². The van der Waals surface area contributed by atoms with Crippen molar-refractivity contribution >= 4 is 15.9 Å². The number of benzene rings is 5. The minimum atomic E-state index is -0.381. The van der Waals surface area contributed by atoms with Crippen LogP contribution in [0, 0.1) is 6.92 Å². The standard InChI is InChI=1S/C32H21Br/c1-20-14-17-30-27(18-20)23-9-3-2-8-22(23)26-16-15-21(33)19-31(26)32(30)28-12-6-4-10-24(28)25-11-5-7-13-29(25)32/h2-19H,1H3. The Hall–Kier alpha value is -3.42. The van der Waals surface area contributed by atoms with Gasteiger partial charge in [0.25, 0.3) is 0 Å². The molecule has 0 heterocycles. The van der Waals surface area contributed by atoms with E-state index in [0.717, 1.165) is 4.47 Å². The van der Waals surface area contributed by atoms with Crippen LogP contribution in [0.1, 0.15) is 27.8 Å². The molecular weight excluding hydrogens is 464 g/mol. The van der Waals surface area contributed by atoms with Crippen LogP contribution in [-0.2, 0) is 5.41 Å². The van der Waals surface area contributed by atoms with Gasteiger partial charge in [-0.05, 0) is 74.7 Å². The van der Waals surface area contributed by atoms with Crippen LogP contribution in [0.25, 0.3) is 33.4 Å². The topological polar surface area (TPSA) is 0 Å². The van der Waals surface area contributed by atoms with Crippen LogP contribution in [0.4, 0.5) is 0 Å². The normalized spacial score (nSPS) is 14.0. The molecule has 33 heavy (non-hydrogen) atoms. The van der Waals surface area contributed by atoms with Gasteiger partial charge in [-0.1, -0.05) is 119 Å². The molecule has 7 rings (SSSR count). The highest BCUT2D eigenvalue weighted by atomic mass is 79.9. The summed E-state index contributed by atoms with van der Waals surface area (Å²) in [5, 5.41) is 0. The van der Waals surface area contributed by atoms with Gasteiger partial charge in [0.05, 0.1) is 5.41 Å². The smallest absolute Gasteiger partial charge is 0.0619 e. The third-order valence-corrected chi connectivity index (χ3v) is 7.92. The maximum Gasteiger partial charge on any atom is 0.0725 e. The molecule has 0 fully saturated rings. The fraction of sp³-hybridized carbons (Fsp3) is 0.0625. The molecule has 0 saturated heterocycles. The molecule has 0 nitrogen and oxygen atoms in total. The molecule has 0 aromatic heterocycles. The van der Waals surface area contributed by atoms with Gasteiger partial charge in [0.1, 0.15) is 0 Å². The molecule has 0 atom stereocenters. The van der Waals surface area contributed by atoms with E-state index in [1.165, 1.54) is 61.2 Å². The van der Waals surface area contributed by atoms with E-state index >= 15 is 0 Å². The van der Waals surface area contributed by atoms with Crippen LogP contribution in [0.5, 0.6) is 0 Å². The van der Waals surface area contributed by atoms with E-state index in [-0.39, 0.29) is 5.41 Å². The van der Waals surface area contributed by atoms with Crippen LogP contribution in [0.15, 0.2) is 114 Å². The minimum Gasteiger partial charge on any atom is -0.0619 e. The van der Waals surface area contributed by atoms with Crippen molar-refractivity contribution in [2.75, 3.05) is 0 Å². The Balaban J connectivity index is 1.79.